The fourth-order valence-corrected chi connectivity index (χ4v) is 11.6. The Hall–Kier alpha value is -1.94. The summed E-state index contributed by atoms with van der Waals surface area (Å²) in [5.74, 6) is 0.146. The Labute approximate surface area is 524 Å². The predicted octanol–water partition coefficient (Wildman–Crippen LogP) is 18.7. The maximum atomic E-state index is 13.0. The van der Waals surface area contributed by atoms with E-state index in [2.05, 4.69) is 48.5 Å². The van der Waals surface area contributed by atoms with E-state index in [-0.39, 0.29) is 25.7 Å². The van der Waals surface area contributed by atoms with Crippen molar-refractivity contribution in [1.82, 2.24) is 0 Å². The van der Waals surface area contributed by atoms with Crippen molar-refractivity contribution in [3.05, 3.63) is 0 Å². The number of carbonyl (C=O) groups excluding carboxylic acids is 4. The predicted molar refractivity (Wildman–Crippen MR) is 344 cm³/mol. The van der Waals surface area contributed by atoms with Crippen LogP contribution in [0.2, 0.25) is 0 Å². The number of rotatable bonds is 65. The molecule has 3 N–H and O–H groups in total. The van der Waals surface area contributed by atoms with E-state index in [4.69, 9.17) is 37.0 Å². The second kappa shape index (κ2) is 58.2. The number of unbranched alkanes of at least 4 members (excludes halogenated alkanes) is 32. The lowest BCUT2D eigenvalue weighted by molar-refractivity contribution is -0.161. The molecule has 0 saturated carbocycles. The minimum atomic E-state index is -4.95. The molecule has 19 heteroatoms. The molecular formula is C67H130O17P2. The summed E-state index contributed by atoms with van der Waals surface area (Å²) in [4.78, 5) is 72.3. The second-order valence-electron chi connectivity index (χ2n) is 25.4. The summed E-state index contributed by atoms with van der Waals surface area (Å²) in [5.41, 5.74) is 0. The van der Waals surface area contributed by atoms with Crippen molar-refractivity contribution in [2.24, 2.45) is 17.8 Å². The van der Waals surface area contributed by atoms with E-state index in [9.17, 15) is 43.2 Å². The lowest BCUT2D eigenvalue weighted by Crippen LogP contribution is -2.30. The first kappa shape index (κ1) is 84.1. The van der Waals surface area contributed by atoms with Crippen molar-refractivity contribution in [3.8, 4) is 0 Å². The summed E-state index contributed by atoms with van der Waals surface area (Å²) in [6, 6.07) is 0. The van der Waals surface area contributed by atoms with Gasteiger partial charge in [-0.25, -0.2) is 9.13 Å². The van der Waals surface area contributed by atoms with E-state index >= 15 is 0 Å². The number of ether oxygens (including phenoxy) is 4. The Balaban J connectivity index is 5.24. The molecule has 0 fully saturated rings. The molecule has 510 valence electrons. The first-order valence-corrected chi connectivity index (χ1v) is 37.9. The minimum Gasteiger partial charge on any atom is -0.462 e. The second-order valence-corrected chi connectivity index (χ2v) is 28.3. The molecule has 0 aromatic rings. The Kier molecular flexibility index (Phi) is 56.9. The standard InChI is InChI=1S/C67H130O17P2/c1-8-10-11-12-13-27-34-41-48-64(69)77-54-62(84-67(72)51-44-37-30-23-22-25-32-39-46-59(5)6)56-81-85(73,74)79-52-61(68)53-80-86(75,76)82-57-63(55-78-65(70)49-42-35-28-20-16-14-18-24-31-38-45-58(3)4)83-66(71)50-43-36-29-21-17-15-19-26-33-40-47-60(7)9-2/h58-63,68H,8-57H2,1-7H3,(H,73,74)(H,75,76)/t60?,61-,62+,63+/m0/s1. The molecule has 0 aliphatic carbocycles. The zero-order valence-corrected chi connectivity index (χ0v) is 57.6. The fraction of sp³-hybridized carbons (Fsp3) is 0.940. The maximum absolute atomic E-state index is 13.0. The zero-order chi connectivity index (χ0) is 63.8. The summed E-state index contributed by atoms with van der Waals surface area (Å²) < 4.78 is 68.1. The smallest absolute Gasteiger partial charge is 0.462 e. The van der Waals surface area contributed by atoms with Crippen LogP contribution in [-0.4, -0.2) is 96.7 Å². The number of aliphatic hydroxyl groups excluding tert-OH is 1. The van der Waals surface area contributed by atoms with Gasteiger partial charge in [-0.15, -0.1) is 0 Å². The van der Waals surface area contributed by atoms with E-state index in [1.807, 2.05) is 0 Å². The number of hydrogen-bond donors (Lipinski definition) is 3. The van der Waals surface area contributed by atoms with Crippen molar-refractivity contribution in [2.45, 2.75) is 349 Å². The molecule has 3 unspecified atom stereocenters. The first-order valence-electron chi connectivity index (χ1n) is 34.9. The van der Waals surface area contributed by atoms with Crippen molar-refractivity contribution in [3.63, 3.8) is 0 Å². The summed E-state index contributed by atoms with van der Waals surface area (Å²) in [6.07, 6.45) is 40.3. The van der Waals surface area contributed by atoms with Crippen molar-refractivity contribution in [1.29, 1.82) is 0 Å². The summed E-state index contributed by atoms with van der Waals surface area (Å²) in [5, 5.41) is 10.6. The number of aliphatic hydroxyl groups is 1. The van der Waals surface area contributed by atoms with Gasteiger partial charge in [0, 0.05) is 25.7 Å². The number of phosphoric ester groups is 2. The van der Waals surface area contributed by atoms with Gasteiger partial charge in [-0.2, -0.15) is 0 Å². The average molecular weight is 1270 g/mol. The van der Waals surface area contributed by atoms with Crippen molar-refractivity contribution >= 4 is 39.5 Å². The van der Waals surface area contributed by atoms with Gasteiger partial charge in [0.25, 0.3) is 0 Å². The van der Waals surface area contributed by atoms with Crippen molar-refractivity contribution < 1.29 is 80.2 Å². The molecule has 86 heavy (non-hydrogen) atoms. The van der Waals surface area contributed by atoms with Gasteiger partial charge in [0.2, 0.25) is 0 Å². The molecule has 0 rings (SSSR count). The van der Waals surface area contributed by atoms with Gasteiger partial charge < -0.3 is 33.8 Å². The van der Waals surface area contributed by atoms with E-state index in [0.717, 1.165) is 114 Å². The van der Waals surface area contributed by atoms with Crippen molar-refractivity contribution in [2.75, 3.05) is 39.6 Å². The quantitative estimate of drug-likeness (QED) is 0.0222. The largest absolute Gasteiger partial charge is 0.472 e. The highest BCUT2D eigenvalue weighted by Crippen LogP contribution is 2.45. The SMILES string of the molecule is CCCCCCCCCCC(=O)OC[C@H](COP(=O)(O)OC[C@H](O)COP(=O)(O)OC[C@@H](COC(=O)CCCCCCCCCCCCC(C)C)OC(=O)CCCCCCCCCCCCC(C)CC)OC(=O)CCCCCCCCCCC(C)C. The molecule has 0 aliphatic rings. The zero-order valence-electron chi connectivity index (χ0n) is 55.8. The third kappa shape index (κ3) is 59.7. The highest BCUT2D eigenvalue weighted by atomic mass is 31.2. The molecule has 0 radical (unpaired) electrons. The molecule has 0 saturated heterocycles. The molecule has 6 atom stereocenters. The lowest BCUT2D eigenvalue weighted by Gasteiger charge is -2.21. The van der Waals surface area contributed by atoms with E-state index in [1.165, 1.54) is 135 Å². The molecule has 0 aromatic heterocycles. The van der Waals surface area contributed by atoms with Crippen LogP contribution in [0, 0.1) is 17.8 Å². The molecule has 0 aromatic carbocycles. The van der Waals surface area contributed by atoms with Crippen LogP contribution in [0.25, 0.3) is 0 Å². The number of hydrogen-bond acceptors (Lipinski definition) is 15. The molecular weight excluding hydrogens is 1140 g/mol. The lowest BCUT2D eigenvalue weighted by atomic mass is 9.99. The van der Waals surface area contributed by atoms with E-state index in [1.54, 1.807) is 0 Å². The minimum absolute atomic E-state index is 0.104. The van der Waals surface area contributed by atoms with Crippen LogP contribution < -0.4 is 0 Å². The van der Waals surface area contributed by atoms with Gasteiger partial charge in [0.1, 0.15) is 19.3 Å². The monoisotopic (exact) mass is 1270 g/mol. The summed E-state index contributed by atoms with van der Waals surface area (Å²) in [7, 11) is -9.89. The topological polar surface area (TPSA) is 237 Å². The van der Waals surface area contributed by atoms with Gasteiger partial charge in [-0.3, -0.25) is 37.3 Å². The third-order valence-electron chi connectivity index (χ3n) is 15.7. The molecule has 0 bridgehead atoms. The van der Waals surface area contributed by atoms with Gasteiger partial charge in [-0.05, 0) is 43.4 Å². The van der Waals surface area contributed by atoms with Crippen LogP contribution in [0.5, 0.6) is 0 Å². The van der Waals surface area contributed by atoms with Crippen LogP contribution in [0.1, 0.15) is 331 Å². The Morgan fingerprint density at radius 3 is 0.884 bits per heavy atom. The Bertz CT molecular complexity index is 1700. The van der Waals surface area contributed by atoms with Crippen LogP contribution >= 0.6 is 15.6 Å². The first-order chi connectivity index (χ1) is 41.3. The van der Waals surface area contributed by atoms with E-state index in [0.29, 0.717) is 25.7 Å². The maximum Gasteiger partial charge on any atom is 0.472 e. The average Bonchev–Trinajstić information content (AvgIpc) is 3.68. The van der Waals surface area contributed by atoms with Crippen LogP contribution in [0.4, 0.5) is 0 Å². The number of phosphoric acid groups is 2. The normalized spacial score (nSPS) is 14.6. The molecule has 0 spiro atoms. The highest BCUT2D eigenvalue weighted by molar-refractivity contribution is 7.47. The third-order valence-corrected chi connectivity index (χ3v) is 17.6. The highest BCUT2D eigenvalue weighted by Gasteiger charge is 2.30. The Morgan fingerprint density at radius 1 is 0.337 bits per heavy atom. The summed E-state index contributed by atoms with van der Waals surface area (Å²) in [6.45, 7) is 11.8. The van der Waals surface area contributed by atoms with Crippen LogP contribution in [-0.2, 0) is 65.4 Å². The van der Waals surface area contributed by atoms with Gasteiger partial charge >= 0.3 is 39.5 Å². The molecule has 0 amide bonds. The van der Waals surface area contributed by atoms with Crippen LogP contribution in [0.15, 0.2) is 0 Å². The molecule has 0 heterocycles. The molecule has 0 aliphatic heterocycles. The van der Waals surface area contributed by atoms with Gasteiger partial charge in [0.15, 0.2) is 12.2 Å². The van der Waals surface area contributed by atoms with Crippen LogP contribution in [0.3, 0.4) is 0 Å². The van der Waals surface area contributed by atoms with E-state index < -0.39 is 97.5 Å². The fourth-order valence-electron chi connectivity index (χ4n) is 9.98. The Morgan fingerprint density at radius 2 is 0.593 bits per heavy atom. The molecule has 17 nitrogen and oxygen atoms in total. The number of esters is 4. The number of carbonyl (C=O) groups is 4. The summed E-state index contributed by atoms with van der Waals surface area (Å²) >= 11 is 0. The van der Waals surface area contributed by atoms with Gasteiger partial charge in [-0.1, -0.05) is 280 Å². The van der Waals surface area contributed by atoms with Gasteiger partial charge in [0.05, 0.1) is 26.4 Å².